The number of aryl methyl sites for hydroxylation is 1. The molecule has 1 amide bonds. The quantitative estimate of drug-likeness (QED) is 0.781. The predicted molar refractivity (Wildman–Crippen MR) is 95.7 cm³/mol. The topological polar surface area (TPSA) is 59.6 Å². The lowest BCUT2D eigenvalue weighted by Gasteiger charge is -2.12. The van der Waals surface area contributed by atoms with Crippen LogP contribution in [0.15, 0.2) is 42.5 Å². The molecule has 0 saturated carbocycles. The third kappa shape index (κ3) is 5.28. The molecule has 2 aromatic carbocycles. The van der Waals surface area contributed by atoms with Crippen LogP contribution in [0.1, 0.15) is 18.1 Å². The van der Waals surface area contributed by atoms with Crippen LogP contribution < -0.4 is 20.1 Å². The van der Waals surface area contributed by atoms with Gasteiger partial charge in [0.1, 0.15) is 0 Å². The first-order chi connectivity index (χ1) is 11.6. The molecule has 0 aromatic heterocycles. The van der Waals surface area contributed by atoms with Crippen molar-refractivity contribution in [3.63, 3.8) is 0 Å². The molecule has 0 radical (unpaired) electrons. The molecule has 0 spiro atoms. The molecule has 0 aliphatic rings. The first-order valence-corrected chi connectivity index (χ1v) is 7.99. The highest BCUT2D eigenvalue weighted by Gasteiger charge is 2.09. The monoisotopic (exact) mass is 328 g/mol. The van der Waals surface area contributed by atoms with Crippen molar-refractivity contribution in [2.45, 2.75) is 20.4 Å². The van der Waals surface area contributed by atoms with Crippen molar-refractivity contribution in [3.8, 4) is 11.5 Å². The van der Waals surface area contributed by atoms with E-state index in [0.717, 1.165) is 29.9 Å². The summed E-state index contributed by atoms with van der Waals surface area (Å²) in [5.74, 6) is 0.961. The number of rotatable bonds is 8. The first kappa shape index (κ1) is 17.8. The number of hydrogen-bond donors (Lipinski definition) is 2. The van der Waals surface area contributed by atoms with Crippen LogP contribution >= 0.6 is 0 Å². The summed E-state index contributed by atoms with van der Waals surface area (Å²) in [6.07, 6.45) is 0. The molecule has 2 N–H and O–H groups in total. The minimum absolute atomic E-state index is 0.0726. The largest absolute Gasteiger partial charge is 0.493 e. The van der Waals surface area contributed by atoms with Gasteiger partial charge in [0.25, 0.3) is 5.91 Å². The van der Waals surface area contributed by atoms with E-state index in [2.05, 4.69) is 17.6 Å². The second-order valence-electron chi connectivity index (χ2n) is 5.47. The molecule has 2 rings (SSSR count). The molecule has 2 aromatic rings. The summed E-state index contributed by atoms with van der Waals surface area (Å²) < 4.78 is 10.9. The van der Waals surface area contributed by atoms with Crippen LogP contribution in [0.25, 0.3) is 0 Å². The highest BCUT2D eigenvalue weighted by Crippen LogP contribution is 2.28. The van der Waals surface area contributed by atoms with E-state index in [1.165, 1.54) is 0 Å². The van der Waals surface area contributed by atoms with Gasteiger partial charge in [-0.1, -0.05) is 30.7 Å². The second kappa shape index (κ2) is 8.93. The molecule has 0 aliphatic carbocycles. The van der Waals surface area contributed by atoms with Crippen molar-refractivity contribution in [1.29, 1.82) is 0 Å². The molecule has 0 fully saturated rings. The van der Waals surface area contributed by atoms with Crippen molar-refractivity contribution in [3.05, 3.63) is 53.6 Å². The molecule has 5 heteroatoms. The lowest BCUT2D eigenvalue weighted by atomic mass is 10.2. The van der Waals surface area contributed by atoms with Gasteiger partial charge in [0.2, 0.25) is 0 Å². The van der Waals surface area contributed by atoms with Crippen LogP contribution in [0.2, 0.25) is 0 Å². The minimum atomic E-state index is -0.211. The zero-order chi connectivity index (χ0) is 17.4. The van der Waals surface area contributed by atoms with Crippen LogP contribution in [-0.2, 0) is 11.3 Å². The van der Waals surface area contributed by atoms with Crippen LogP contribution in [0.3, 0.4) is 0 Å². The Hall–Kier alpha value is -2.53. The molecule has 0 heterocycles. The highest BCUT2D eigenvalue weighted by molar-refractivity contribution is 5.91. The number of anilines is 1. The zero-order valence-electron chi connectivity index (χ0n) is 14.4. The number of carbonyl (C=O) groups excluding carboxylic acids is 1. The Balaban J connectivity index is 1.92. The third-order valence-corrected chi connectivity index (χ3v) is 3.50. The zero-order valence-corrected chi connectivity index (χ0v) is 14.4. The fourth-order valence-electron chi connectivity index (χ4n) is 2.19. The van der Waals surface area contributed by atoms with Crippen LogP contribution in [0, 0.1) is 6.92 Å². The third-order valence-electron chi connectivity index (χ3n) is 3.50. The van der Waals surface area contributed by atoms with Gasteiger partial charge < -0.3 is 20.1 Å². The number of amides is 1. The standard InChI is InChI=1S/C19H24N2O3/c1-4-20-12-15-7-10-17(18(11-15)23-3)24-13-19(22)21-16-8-5-14(2)6-9-16/h5-11,20H,4,12-13H2,1-3H3,(H,21,22). The maximum Gasteiger partial charge on any atom is 0.262 e. The summed E-state index contributed by atoms with van der Waals surface area (Å²) in [6, 6.07) is 13.3. The van der Waals surface area contributed by atoms with Crippen molar-refractivity contribution in [1.82, 2.24) is 5.32 Å². The van der Waals surface area contributed by atoms with Gasteiger partial charge in [-0.2, -0.15) is 0 Å². The molecule has 24 heavy (non-hydrogen) atoms. The van der Waals surface area contributed by atoms with E-state index in [0.29, 0.717) is 11.5 Å². The van der Waals surface area contributed by atoms with E-state index in [1.54, 1.807) is 7.11 Å². The molecule has 0 saturated heterocycles. The van der Waals surface area contributed by atoms with Gasteiger partial charge in [0, 0.05) is 12.2 Å². The Morgan fingerprint density at radius 1 is 1.08 bits per heavy atom. The number of nitrogens with one attached hydrogen (secondary N) is 2. The maximum atomic E-state index is 12.0. The maximum absolute atomic E-state index is 12.0. The van der Waals surface area contributed by atoms with Crippen molar-refractivity contribution in [2.24, 2.45) is 0 Å². The molecular formula is C19H24N2O3. The van der Waals surface area contributed by atoms with Gasteiger partial charge in [-0.05, 0) is 43.3 Å². The summed E-state index contributed by atoms with van der Waals surface area (Å²) in [7, 11) is 1.59. The molecule has 0 aliphatic heterocycles. The number of carbonyl (C=O) groups is 1. The average Bonchev–Trinajstić information content (AvgIpc) is 2.60. The average molecular weight is 328 g/mol. The van der Waals surface area contributed by atoms with Crippen molar-refractivity contribution >= 4 is 11.6 Å². The van der Waals surface area contributed by atoms with Gasteiger partial charge in [-0.25, -0.2) is 0 Å². The summed E-state index contributed by atoms with van der Waals surface area (Å²) in [4.78, 5) is 12.0. The van der Waals surface area contributed by atoms with Gasteiger partial charge >= 0.3 is 0 Å². The lowest BCUT2D eigenvalue weighted by molar-refractivity contribution is -0.118. The Kier molecular flexibility index (Phi) is 6.63. The summed E-state index contributed by atoms with van der Waals surface area (Å²) >= 11 is 0. The van der Waals surface area contributed by atoms with Gasteiger partial charge in [0.15, 0.2) is 18.1 Å². The number of hydrogen-bond acceptors (Lipinski definition) is 4. The molecule has 5 nitrogen and oxygen atoms in total. The van der Waals surface area contributed by atoms with Crippen LogP contribution in [0.4, 0.5) is 5.69 Å². The second-order valence-corrected chi connectivity index (χ2v) is 5.47. The van der Waals surface area contributed by atoms with E-state index >= 15 is 0 Å². The minimum Gasteiger partial charge on any atom is -0.493 e. The SMILES string of the molecule is CCNCc1ccc(OCC(=O)Nc2ccc(C)cc2)c(OC)c1. The molecule has 0 bridgehead atoms. The Morgan fingerprint density at radius 3 is 2.50 bits per heavy atom. The highest BCUT2D eigenvalue weighted by atomic mass is 16.5. The predicted octanol–water partition coefficient (Wildman–Crippen LogP) is 3.13. The van der Waals surface area contributed by atoms with Crippen molar-refractivity contribution in [2.75, 3.05) is 25.6 Å². The van der Waals surface area contributed by atoms with E-state index in [1.807, 2.05) is 49.4 Å². The lowest BCUT2D eigenvalue weighted by Crippen LogP contribution is -2.20. The summed E-state index contributed by atoms with van der Waals surface area (Å²) in [5.41, 5.74) is 3.00. The van der Waals surface area contributed by atoms with Gasteiger partial charge in [-0.3, -0.25) is 4.79 Å². The molecule has 128 valence electrons. The van der Waals surface area contributed by atoms with E-state index in [9.17, 15) is 4.79 Å². The van der Waals surface area contributed by atoms with Crippen LogP contribution in [-0.4, -0.2) is 26.2 Å². The molecule has 0 unspecified atom stereocenters. The Morgan fingerprint density at radius 2 is 1.83 bits per heavy atom. The number of ether oxygens (including phenoxy) is 2. The molecule has 0 atom stereocenters. The Labute approximate surface area is 143 Å². The fraction of sp³-hybridized carbons (Fsp3) is 0.316. The smallest absolute Gasteiger partial charge is 0.262 e. The van der Waals surface area contributed by atoms with E-state index < -0.39 is 0 Å². The first-order valence-electron chi connectivity index (χ1n) is 7.99. The Bertz CT molecular complexity index is 669. The summed E-state index contributed by atoms with van der Waals surface area (Å²) in [5, 5.41) is 6.06. The van der Waals surface area contributed by atoms with Gasteiger partial charge in [0.05, 0.1) is 7.11 Å². The van der Waals surface area contributed by atoms with E-state index in [-0.39, 0.29) is 12.5 Å². The molecular weight excluding hydrogens is 304 g/mol. The fourth-order valence-corrected chi connectivity index (χ4v) is 2.19. The van der Waals surface area contributed by atoms with E-state index in [4.69, 9.17) is 9.47 Å². The number of benzene rings is 2. The van der Waals surface area contributed by atoms with Crippen LogP contribution in [0.5, 0.6) is 11.5 Å². The normalized spacial score (nSPS) is 10.3. The number of methoxy groups -OCH3 is 1. The van der Waals surface area contributed by atoms with Crippen molar-refractivity contribution < 1.29 is 14.3 Å². The summed E-state index contributed by atoms with van der Waals surface area (Å²) in [6.45, 7) is 5.65. The van der Waals surface area contributed by atoms with Gasteiger partial charge in [-0.15, -0.1) is 0 Å².